The molecular formula is C14H13BrN2O4. The summed E-state index contributed by atoms with van der Waals surface area (Å²) in [5.41, 5.74) is -0.103. The summed E-state index contributed by atoms with van der Waals surface area (Å²) in [6.45, 7) is 6.76. The number of amides is 2. The summed E-state index contributed by atoms with van der Waals surface area (Å²) in [5.74, 6) is -2.03. The first kappa shape index (κ1) is 16.6. The molecule has 0 radical (unpaired) electrons. The van der Waals surface area contributed by atoms with E-state index in [0.29, 0.717) is 5.56 Å². The number of rotatable bonds is 5. The lowest BCUT2D eigenvalue weighted by molar-refractivity contribution is -0.137. The predicted molar refractivity (Wildman–Crippen MR) is 80.0 cm³/mol. The third kappa shape index (κ3) is 4.88. The van der Waals surface area contributed by atoms with Gasteiger partial charge in [-0.3, -0.25) is 9.59 Å². The molecule has 2 N–H and O–H groups in total. The predicted octanol–water partition coefficient (Wildman–Crippen LogP) is 1.50. The van der Waals surface area contributed by atoms with Crippen LogP contribution in [0, 0.1) is 0 Å². The monoisotopic (exact) mass is 352 g/mol. The summed E-state index contributed by atoms with van der Waals surface area (Å²) in [6.07, 6.45) is 0. The van der Waals surface area contributed by atoms with Gasteiger partial charge in [-0.2, -0.15) is 0 Å². The van der Waals surface area contributed by atoms with E-state index in [-0.39, 0.29) is 11.4 Å². The van der Waals surface area contributed by atoms with Gasteiger partial charge in [0.05, 0.1) is 12.8 Å². The fraction of sp³-hybridized carbons (Fsp3) is 0.0714. The first-order valence-electron chi connectivity index (χ1n) is 5.69. The van der Waals surface area contributed by atoms with Crippen molar-refractivity contribution in [1.82, 2.24) is 10.6 Å². The zero-order valence-electron chi connectivity index (χ0n) is 11.2. The third-order valence-corrected chi connectivity index (χ3v) is 2.87. The average molecular weight is 353 g/mol. The van der Waals surface area contributed by atoms with Gasteiger partial charge in [-0.05, 0) is 24.3 Å². The molecule has 110 valence electrons. The van der Waals surface area contributed by atoms with Gasteiger partial charge in [-0.1, -0.05) is 29.1 Å². The van der Waals surface area contributed by atoms with Crippen LogP contribution in [0.4, 0.5) is 0 Å². The molecule has 6 nitrogen and oxygen atoms in total. The van der Waals surface area contributed by atoms with Crippen LogP contribution in [0.2, 0.25) is 0 Å². The fourth-order valence-electron chi connectivity index (χ4n) is 1.25. The lowest BCUT2D eigenvalue weighted by Crippen LogP contribution is -2.35. The van der Waals surface area contributed by atoms with Crippen LogP contribution in [0.3, 0.4) is 0 Å². The minimum absolute atomic E-state index is 0.215. The number of carbonyl (C=O) groups excluding carboxylic acids is 3. The van der Waals surface area contributed by atoms with E-state index in [1.54, 1.807) is 24.3 Å². The molecular weight excluding hydrogens is 340 g/mol. The summed E-state index contributed by atoms with van der Waals surface area (Å²) >= 11 is 3.25. The van der Waals surface area contributed by atoms with E-state index < -0.39 is 17.8 Å². The van der Waals surface area contributed by atoms with E-state index in [0.717, 1.165) is 11.6 Å². The summed E-state index contributed by atoms with van der Waals surface area (Å²) < 4.78 is 5.20. The van der Waals surface area contributed by atoms with Gasteiger partial charge in [0.2, 0.25) is 0 Å². The van der Waals surface area contributed by atoms with Crippen molar-refractivity contribution >= 4 is 33.7 Å². The Morgan fingerprint density at radius 1 is 1.05 bits per heavy atom. The van der Waals surface area contributed by atoms with Crippen LogP contribution < -0.4 is 10.6 Å². The number of ether oxygens (including phenoxy) is 1. The van der Waals surface area contributed by atoms with Gasteiger partial charge in [-0.25, -0.2) is 4.79 Å². The van der Waals surface area contributed by atoms with Crippen molar-refractivity contribution in [2.24, 2.45) is 0 Å². The van der Waals surface area contributed by atoms with Crippen LogP contribution >= 0.6 is 15.9 Å². The first-order valence-corrected chi connectivity index (χ1v) is 6.49. The molecule has 1 aromatic rings. The minimum Gasteiger partial charge on any atom is -0.464 e. The first-order chi connectivity index (χ1) is 9.85. The largest absolute Gasteiger partial charge is 0.464 e. The summed E-state index contributed by atoms with van der Waals surface area (Å²) in [5, 5.41) is 4.49. The maximum atomic E-state index is 11.9. The fourth-order valence-corrected chi connectivity index (χ4v) is 1.52. The van der Waals surface area contributed by atoms with Crippen LogP contribution in [0.25, 0.3) is 0 Å². The van der Waals surface area contributed by atoms with Crippen LogP contribution in [0.5, 0.6) is 0 Å². The molecule has 0 saturated heterocycles. The second-order valence-corrected chi connectivity index (χ2v) is 4.78. The molecule has 0 aliphatic carbocycles. The Hall–Kier alpha value is -2.41. The van der Waals surface area contributed by atoms with Crippen molar-refractivity contribution in [2.45, 2.75) is 0 Å². The number of nitrogens with one attached hydrogen (secondary N) is 2. The standard InChI is InChI=1S/C14H13BrN2O4/c1-8(12(18)17-9(2)14(20)21-3)16-13(19)10-4-6-11(15)7-5-10/h4-7H,1-2H2,3H3,(H,16,19)(H,17,18). The Morgan fingerprint density at radius 3 is 2.14 bits per heavy atom. The van der Waals surface area contributed by atoms with E-state index in [4.69, 9.17) is 0 Å². The molecule has 0 unspecified atom stereocenters. The highest BCUT2D eigenvalue weighted by Gasteiger charge is 2.15. The van der Waals surface area contributed by atoms with Gasteiger partial charge < -0.3 is 15.4 Å². The number of methoxy groups -OCH3 is 1. The quantitative estimate of drug-likeness (QED) is 0.621. The number of carbonyl (C=O) groups is 3. The molecule has 0 spiro atoms. The normalized spacial score (nSPS) is 9.43. The maximum Gasteiger partial charge on any atom is 0.353 e. The van der Waals surface area contributed by atoms with Crippen molar-refractivity contribution in [1.29, 1.82) is 0 Å². The Kier molecular flexibility index (Phi) is 5.86. The Balaban J connectivity index is 2.62. The van der Waals surface area contributed by atoms with Crippen molar-refractivity contribution < 1.29 is 19.1 Å². The molecule has 21 heavy (non-hydrogen) atoms. The Bertz CT molecular complexity index is 608. The zero-order chi connectivity index (χ0) is 16.0. The molecule has 1 aromatic carbocycles. The highest BCUT2D eigenvalue weighted by molar-refractivity contribution is 9.10. The molecule has 0 bridgehead atoms. The molecule has 2 amide bonds. The molecule has 7 heteroatoms. The third-order valence-electron chi connectivity index (χ3n) is 2.34. The van der Waals surface area contributed by atoms with Crippen molar-refractivity contribution in [3.05, 3.63) is 58.9 Å². The average Bonchev–Trinajstić information content (AvgIpc) is 2.46. The van der Waals surface area contributed by atoms with Gasteiger partial charge >= 0.3 is 5.97 Å². The summed E-state index contributed by atoms with van der Waals surface area (Å²) in [4.78, 5) is 34.6. The van der Waals surface area contributed by atoms with Crippen LogP contribution in [-0.2, 0) is 14.3 Å². The molecule has 0 aromatic heterocycles. The van der Waals surface area contributed by atoms with Gasteiger partial charge in [0.1, 0.15) is 5.70 Å². The Labute approximate surface area is 130 Å². The van der Waals surface area contributed by atoms with Gasteiger partial charge in [0, 0.05) is 10.0 Å². The Morgan fingerprint density at radius 2 is 1.62 bits per heavy atom. The zero-order valence-corrected chi connectivity index (χ0v) is 12.8. The van der Waals surface area contributed by atoms with Gasteiger partial charge in [0.15, 0.2) is 0 Å². The highest BCUT2D eigenvalue weighted by Crippen LogP contribution is 2.10. The van der Waals surface area contributed by atoms with Crippen molar-refractivity contribution in [3.8, 4) is 0 Å². The van der Waals surface area contributed by atoms with E-state index in [2.05, 4.69) is 44.5 Å². The smallest absolute Gasteiger partial charge is 0.353 e. The topological polar surface area (TPSA) is 84.5 Å². The van der Waals surface area contributed by atoms with E-state index in [9.17, 15) is 14.4 Å². The second-order valence-electron chi connectivity index (χ2n) is 3.86. The minimum atomic E-state index is -0.782. The van der Waals surface area contributed by atoms with Crippen molar-refractivity contribution in [2.75, 3.05) is 7.11 Å². The summed E-state index contributed by atoms with van der Waals surface area (Å²) in [6, 6.07) is 6.55. The number of hydrogen-bond donors (Lipinski definition) is 2. The number of benzene rings is 1. The lowest BCUT2D eigenvalue weighted by atomic mass is 10.2. The van der Waals surface area contributed by atoms with Gasteiger partial charge in [-0.15, -0.1) is 0 Å². The molecule has 0 aliphatic rings. The maximum absolute atomic E-state index is 11.9. The van der Waals surface area contributed by atoms with Crippen molar-refractivity contribution in [3.63, 3.8) is 0 Å². The molecule has 0 aliphatic heterocycles. The summed E-state index contributed by atoms with van der Waals surface area (Å²) in [7, 11) is 1.16. The van der Waals surface area contributed by atoms with E-state index in [1.165, 1.54) is 0 Å². The van der Waals surface area contributed by atoms with Gasteiger partial charge in [0.25, 0.3) is 11.8 Å². The van der Waals surface area contributed by atoms with E-state index >= 15 is 0 Å². The second kappa shape index (κ2) is 7.39. The molecule has 0 saturated carbocycles. The molecule has 0 fully saturated rings. The number of hydrogen-bond acceptors (Lipinski definition) is 4. The molecule has 0 heterocycles. The highest BCUT2D eigenvalue weighted by atomic mass is 79.9. The van der Waals surface area contributed by atoms with Crippen LogP contribution in [0.1, 0.15) is 10.4 Å². The lowest BCUT2D eigenvalue weighted by Gasteiger charge is -2.10. The van der Waals surface area contributed by atoms with Crippen LogP contribution in [0.15, 0.2) is 53.3 Å². The molecule has 1 rings (SSSR count). The van der Waals surface area contributed by atoms with Crippen LogP contribution in [-0.4, -0.2) is 24.9 Å². The van der Waals surface area contributed by atoms with E-state index in [1.807, 2.05) is 0 Å². The number of esters is 1. The number of halogens is 1. The SMILES string of the molecule is C=C(NC(=O)c1ccc(Br)cc1)C(=O)NC(=C)C(=O)OC. The molecule has 0 atom stereocenters.